The second-order valence-corrected chi connectivity index (χ2v) is 6.03. The minimum absolute atomic E-state index is 0.0769. The van der Waals surface area contributed by atoms with Crippen LogP contribution in [0.1, 0.15) is 21.7 Å². The molecule has 5 nitrogen and oxygen atoms in total. The van der Waals surface area contributed by atoms with Gasteiger partial charge in [0.15, 0.2) is 5.76 Å². The number of amides is 1. The van der Waals surface area contributed by atoms with Gasteiger partial charge in [0, 0.05) is 11.8 Å². The Morgan fingerprint density at radius 1 is 1.04 bits per heavy atom. The van der Waals surface area contributed by atoms with E-state index in [0.29, 0.717) is 27.6 Å². The summed E-state index contributed by atoms with van der Waals surface area (Å²) in [6.45, 7) is 3.86. The quantitative estimate of drug-likeness (QED) is 0.552. The molecule has 0 aliphatic carbocycles. The third kappa shape index (κ3) is 2.59. The predicted octanol–water partition coefficient (Wildman–Crippen LogP) is 4.41. The van der Waals surface area contributed by atoms with Crippen LogP contribution in [-0.4, -0.2) is 5.91 Å². The highest BCUT2D eigenvalue weighted by atomic mass is 16.3. The molecule has 2 aromatic carbocycles. The van der Waals surface area contributed by atoms with Crippen molar-refractivity contribution in [2.75, 3.05) is 5.32 Å². The summed E-state index contributed by atoms with van der Waals surface area (Å²) >= 11 is 0. The smallest absolute Gasteiger partial charge is 0.291 e. The Labute approximate surface area is 142 Å². The van der Waals surface area contributed by atoms with Crippen molar-refractivity contribution in [3.63, 3.8) is 0 Å². The third-order valence-electron chi connectivity index (χ3n) is 4.10. The molecule has 124 valence electrons. The number of rotatable bonds is 2. The van der Waals surface area contributed by atoms with E-state index in [0.717, 1.165) is 11.1 Å². The second kappa shape index (κ2) is 5.63. The Hall–Kier alpha value is -3.34. The van der Waals surface area contributed by atoms with Gasteiger partial charge in [0.1, 0.15) is 11.2 Å². The maximum atomic E-state index is 12.8. The molecule has 0 saturated heterocycles. The number of anilines is 1. The highest BCUT2D eigenvalue weighted by molar-refractivity contribution is 6.03. The van der Waals surface area contributed by atoms with Gasteiger partial charge < -0.3 is 14.2 Å². The molecule has 1 N–H and O–H groups in total. The lowest BCUT2D eigenvalue weighted by molar-refractivity contribution is 0.0996. The fraction of sp³-hybridized carbons (Fsp3) is 0.100. The number of hydrogen-bond acceptors (Lipinski definition) is 4. The van der Waals surface area contributed by atoms with E-state index in [1.807, 2.05) is 26.0 Å². The molecule has 0 unspecified atom stereocenters. The van der Waals surface area contributed by atoms with Crippen molar-refractivity contribution in [3.8, 4) is 0 Å². The van der Waals surface area contributed by atoms with E-state index < -0.39 is 0 Å². The number of benzene rings is 2. The number of hydrogen-bond donors (Lipinski definition) is 1. The van der Waals surface area contributed by atoms with Gasteiger partial charge in [-0.05, 0) is 55.3 Å². The van der Waals surface area contributed by atoms with Crippen molar-refractivity contribution >= 4 is 33.5 Å². The van der Waals surface area contributed by atoms with Crippen LogP contribution in [-0.2, 0) is 0 Å². The van der Waals surface area contributed by atoms with Crippen LogP contribution >= 0.6 is 0 Å². The molecule has 5 heteroatoms. The monoisotopic (exact) mass is 333 g/mol. The number of fused-ring (bicyclic) bond motifs is 2. The van der Waals surface area contributed by atoms with E-state index >= 15 is 0 Å². The Bertz CT molecular complexity index is 1170. The first kappa shape index (κ1) is 15.2. The van der Waals surface area contributed by atoms with Crippen molar-refractivity contribution in [1.29, 1.82) is 0 Å². The molecule has 0 spiro atoms. The van der Waals surface area contributed by atoms with Crippen LogP contribution in [0.5, 0.6) is 0 Å². The zero-order chi connectivity index (χ0) is 17.6. The van der Waals surface area contributed by atoms with Gasteiger partial charge in [0.2, 0.25) is 5.43 Å². The van der Waals surface area contributed by atoms with Gasteiger partial charge in [-0.1, -0.05) is 6.07 Å². The molecule has 0 radical (unpaired) electrons. The Balaban J connectivity index is 1.84. The summed E-state index contributed by atoms with van der Waals surface area (Å²) in [6.07, 6.45) is 1.44. The summed E-state index contributed by atoms with van der Waals surface area (Å²) in [5.41, 5.74) is 3.37. The summed E-state index contributed by atoms with van der Waals surface area (Å²) in [7, 11) is 0. The van der Waals surface area contributed by atoms with Crippen LogP contribution < -0.4 is 10.7 Å². The lowest BCUT2D eigenvalue weighted by Gasteiger charge is -2.08. The molecule has 4 rings (SSSR count). The van der Waals surface area contributed by atoms with Crippen molar-refractivity contribution in [1.82, 2.24) is 0 Å². The molecule has 0 atom stereocenters. The minimum Gasteiger partial charge on any atom is -0.459 e. The van der Waals surface area contributed by atoms with Crippen molar-refractivity contribution in [2.45, 2.75) is 13.8 Å². The zero-order valence-electron chi connectivity index (χ0n) is 13.8. The number of aryl methyl sites for hydroxylation is 2. The first-order chi connectivity index (χ1) is 12.0. The van der Waals surface area contributed by atoms with E-state index in [4.69, 9.17) is 8.83 Å². The molecule has 1 amide bonds. The zero-order valence-corrected chi connectivity index (χ0v) is 13.8. The first-order valence-electron chi connectivity index (χ1n) is 7.85. The third-order valence-corrected chi connectivity index (χ3v) is 4.10. The largest absolute Gasteiger partial charge is 0.459 e. The van der Waals surface area contributed by atoms with E-state index in [1.54, 1.807) is 30.3 Å². The Kier molecular flexibility index (Phi) is 3.42. The SMILES string of the molecule is Cc1cc(C)c2oc3cc(NC(=O)c4ccco4)ccc3c(=O)c2c1. The summed E-state index contributed by atoms with van der Waals surface area (Å²) < 4.78 is 11.0. The van der Waals surface area contributed by atoms with Crippen molar-refractivity contribution in [2.24, 2.45) is 0 Å². The van der Waals surface area contributed by atoms with Crippen LogP contribution in [0.4, 0.5) is 5.69 Å². The topological polar surface area (TPSA) is 72.5 Å². The molecular formula is C20H15NO4. The Morgan fingerprint density at radius 3 is 2.64 bits per heavy atom. The first-order valence-corrected chi connectivity index (χ1v) is 7.85. The molecule has 0 aliphatic rings. The van der Waals surface area contributed by atoms with Gasteiger partial charge in [-0.25, -0.2) is 0 Å². The average Bonchev–Trinajstić information content (AvgIpc) is 3.11. The summed E-state index contributed by atoms with van der Waals surface area (Å²) in [5.74, 6) is -0.148. The standard InChI is InChI=1S/C20H15NO4/c1-11-8-12(2)19-15(9-11)18(22)14-6-5-13(10-17(14)25-19)21-20(23)16-4-3-7-24-16/h3-10H,1-2H3,(H,21,23). The average molecular weight is 333 g/mol. The molecule has 2 aromatic heterocycles. The fourth-order valence-electron chi connectivity index (χ4n) is 2.99. The van der Waals surface area contributed by atoms with Crippen LogP contribution in [0.15, 0.2) is 62.4 Å². The number of carbonyl (C=O) groups is 1. The van der Waals surface area contributed by atoms with Gasteiger partial charge in [0.25, 0.3) is 5.91 Å². The lowest BCUT2D eigenvalue weighted by Crippen LogP contribution is -2.11. The minimum atomic E-state index is -0.362. The molecule has 0 fully saturated rings. The van der Waals surface area contributed by atoms with E-state index in [9.17, 15) is 9.59 Å². The van der Waals surface area contributed by atoms with E-state index in [-0.39, 0.29) is 17.1 Å². The molecule has 0 saturated carbocycles. The van der Waals surface area contributed by atoms with Crippen LogP contribution in [0, 0.1) is 13.8 Å². The highest BCUT2D eigenvalue weighted by Gasteiger charge is 2.13. The van der Waals surface area contributed by atoms with Crippen molar-refractivity contribution < 1.29 is 13.6 Å². The summed E-state index contributed by atoms with van der Waals surface area (Å²) in [6, 6.07) is 12.0. The molecule has 4 aromatic rings. The number of furan rings is 1. The number of nitrogens with one attached hydrogen (secondary N) is 1. The summed E-state index contributed by atoms with van der Waals surface area (Å²) in [4.78, 5) is 24.8. The van der Waals surface area contributed by atoms with Gasteiger partial charge in [-0.3, -0.25) is 9.59 Å². The molecule has 25 heavy (non-hydrogen) atoms. The normalized spacial score (nSPS) is 11.1. The van der Waals surface area contributed by atoms with Gasteiger partial charge in [-0.15, -0.1) is 0 Å². The second-order valence-electron chi connectivity index (χ2n) is 6.03. The maximum absolute atomic E-state index is 12.8. The van der Waals surface area contributed by atoms with E-state index in [2.05, 4.69) is 5.32 Å². The molecular weight excluding hydrogens is 318 g/mol. The van der Waals surface area contributed by atoms with Crippen molar-refractivity contribution in [3.05, 3.63) is 75.8 Å². The fourth-order valence-corrected chi connectivity index (χ4v) is 2.99. The molecule has 0 aliphatic heterocycles. The van der Waals surface area contributed by atoms with Gasteiger partial charge >= 0.3 is 0 Å². The van der Waals surface area contributed by atoms with Crippen LogP contribution in [0.25, 0.3) is 21.9 Å². The Morgan fingerprint density at radius 2 is 1.88 bits per heavy atom. The van der Waals surface area contributed by atoms with Gasteiger partial charge in [0.05, 0.1) is 17.0 Å². The lowest BCUT2D eigenvalue weighted by atomic mass is 10.1. The van der Waals surface area contributed by atoms with Crippen LogP contribution in [0.3, 0.4) is 0 Å². The highest BCUT2D eigenvalue weighted by Crippen LogP contribution is 2.25. The summed E-state index contributed by atoms with van der Waals surface area (Å²) in [5, 5.41) is 3.78. The molecule has 2 heterocycles. The van der Waals surface area contributed by atoms with Crippen LogP contribution in [0.2, 0.25) is 0 Å². The molecule has 0 bridgehead atoms. The van der Waals surface area contributed by atoms with E-state index in [1.165, 1.54) is 6.26 Å². The maximum Gasteiger partial charge on any atom is 0.291 e. The predicted molar refractivity (Wildman–Crippen MR) is 96.1 cm³/mol. The number of carbonyl (C=O) groups excluding carboxylic acids is 1. The van der Waals surface area contributed by atoms with Gasteiger partial charge in [-0.2, -0.15) is 0 Å².